The molecule has 6 heteroatoms. The highest BCUT2D eigenvalue weighted by atomic mass is 16.6. The van der Waals surface area contributed by atoms with Crippen LogP contribution in [-0.4, -0.2) is 17.4 Å². The average Bonchev–Trinajstić information content (AvgIpc) is 2.34. The van der Waals surface area contributed by atoms with Crippen LogP contribution in [0.4, 0.5) is 11.4 Å². The Morgan fingerprint density at radius 1 is 1.56 bits per heavy atom. The summed E-state index contributed by atoms with van der Waals surface area (Å²) in [6.45, 7) is 2.49. The fourth-order valence-electron chi connectivity index (χ4n) is 1.44. The minimum Gasteiger partial charge on any atom is -0.379 e. The monoisotopic (exact) mass is 249 g/mol. The summed E-state index contributed by atoms with van der Waals surface area (Å²) in [7, 11) is 0. The Kier molecular flexibility index (Phi) is 4.86. The minimum absolute atomic E-state index is 0.126. The van der Waals surface area contributed by atoms with E-state index in [-0.39, 0.29) is 11.3 Å². The van der Waals surface area contributed by atoms with Crippen LogP contribution in [0.3, 0.4) is 0 Å². The molecule has 96 valence electrons. The Bertz CT molecular complexity index is 483. The SMILES string of the molecule is C/C=C/CCNc1ccc(C(N)=O)cc1[N+](=O)[O-]. The molecule has 1 amide bonds. The summed E-state index contributed by atoms with van der Waals surface area (Å²) >= 11 is 0. The van der Waals surface area contributed by atoms with Gasteiger partial charge in [0.1, 0.15) is 5.69 Å². The first kappa shape index (κ1) is 13.7. The third-order valence-electron chi connectivity index (χ3n) is 2.34. The van der Waals surface area contributed by atoms with E-state index in [1.807, 2.05) is 19.1 Å². The zero-order valence-corrected chi connectivity index (χ0v) is 10.1. The summed E-state index contributed by atoms with van der Waals surface area (Å²) in [4.78, 5) is 21.3. The first-order valence-corrected chi connectivity index (χ1v) is 5.49. The van der Waals surface area contributed by atoms with Crippen molar-refractivity contribution in [2.24, 2.45) is 5.73 Å². The van der Waals surface area contributed by atoms with E-state index in [1.54, 1.807) is 0 Å². The summed E-state index contributed by atoms with van der Waals surface area (Å²) in [5, 5.41) is 13.8. The third-order valence-corrected chi connectivity index (χ3v) is 2.34. The maximum absolute atomic E-state index is 11.0. The standard InChI is InChI=1S/C12H15N3O3/c1-2-3-4-7-14-10-6-5-9(12(13)16)8-11(10)15(17)18/h2-3,5-6,8,14H,4,7H2,1H3,(H2,13,16)/b3-2+. The topological polar surface area (TPSA) is 98.3 Å². The minimum atomic E-state index is -0.682. The van der Waals surface area contributed by atoms with E-state index in [9.17, 15) is 14.9 Å². The zero-order valence-electron chi connectivity index (χ0n) is 10.1. The predicted octanol–water partition coefficient (Wildman–Crippen LogP) is 2.07. The molecule has 0 atom stereocenters. The molecule has 0 spiro atoms. The number of allylic oxidation sites excluding steroid dienone is 1. The van der Waals surface area contributed by atoms with Gasteiger partial charge in [-0.25, -0.2) is 0 Å². The second kappa shape index (κ2) is 6.39. The molecule has 3 N–H and O–H groups in total. The van der Waals surface area contributed by atoms with Crippen molar-refractivity contribution in [1.29, 1.82) is 0 Å². The van der Waals surface area contributed by atoms with Crippen molar-refractivity contribution in [2.45, 2.75) is 13.3 Å². The van der Waals surface area contributed by atoms with Crippen LogP contribution in [-0.2, 0) is 0 Å². The first-order chi connectivity index (χ1) is 8.56. The fraction of sp³-hybridized carbons (Fsp3) is 0.250. The maximum atomic E-state index is 11.0. The number of primary amides is 1. The van der Waals surface area contributed by atoms with Crippen LogP contribution in [0.15, 0.2) is 30.4 Å². The van der Waals surface area contributed by atoms with Crippen molar-refractivity contribution >= 4 is 17.3 Å². The normalized spacial score (nSPS) is 10.5. The third kappa shape index (κ3) is 3.58. The molecule has 6 nitrogen and oxygen atoms in total. The molecular formula is C12H15N3O3. The van der Waals surface area contributed by atoms with Crippen molar-refractivity contribution < 1.29 is 9.72 Å². The maximum Gasteiger partial charge on any atom is 0.293 e. The molecule has 0 unspecified atom stereocenters. The van der Waals surface area contributed by atoms with Gasteiger partial charge in [0.2, 0.25) is 5.91 Å². The quantitative estimate of drug-likeness (QED) is 0.349. The van der Waals surface area contributed by atoms with Gasteiger partial charge in [0.15, 0.2) is 0 Å². The predicted molar refractivity (Wildman–Crippen MR) is 69.5 cm³/mol. The van der Waals surface area contributed by atoms with Gasteiger partial charge >= 0.3 is 0 Å². The molecule has 0 aliphatic carbocycles. The smallest absolute Gasteiger partial charge is 0.293 e. The van der Waals surface area contributed by atoms with E-state index in [4.69, 9.17) is 5.73 Å². The molecule has 18 heavy (non-hydrogen) atoms. The van der Waals surface area contributed by atoms with Gasteiger partial charge in [0.05, 0.1) is 4.92 Å². The van der Waals surface area contributed by atoms with E-state index < -0.39 is 10.8 Å². The first-order valence-electron chi connectivity index (χ1n) is 5.49. The summed E-state index contributed by atoms with van der Waals surface area (Å²) < 4.78 is 0. The molecule has 1 aromatic carbocycles. The highest BCUT2D eigenvalue weighted by Crippen LogP contribution is 2.25. The van der Waals surface area contributed by atoms with Crippen molar-refractivity contribution in [2.75, 3.05) is 11.9 Å². The van der Waals surface area contributed by atoms with Crippen LogP contribution in [0, 0.1) is 10.1 Å². The van der Waals surface area contributed by atoms with Gasteiger partial charge < -0.3 is 11.1 Å². The molecule has 0 radical (unpaired) electrons. The van der Waals surface area contributed by atoms with Gasteiger partial charge in [0.25, 0.3) is 5.69 Å². The number of nitrogens with one attached hydrogen (secondary N) is 1. The van der Waals surface area contributed by atoms with Gasteiger partial charge in [-0.2, -0.15) is 0 Å². The molecule has 1 rings (SSSR count). The molecule has 0 saturated heterocycles. The van der Waals surface area contributed by atoms with E-state index in [1.165, 1.54) is 18.2 Å². The van der Waals surface area contributed by atoms with Crippen molar-refractivity contribution in [3.8, 4) is 0 Å². The van der Waals surface area contributed by atoms with Gasteiger partial charge in [0, 0.05) is 18.2 Å². The summed E-state index contributed by atoms with van der Waals surface area (Å²) in [5.41, 5.74) is 5.44. The van der Waals surface area contributed by atoms with E-state index in [2.05, 4.69) is 5.32 Å². The average molecular weight is 249 g/mol. The van der Waals surface area contributed by atoms with Crippen molar-refractivity contribution in [3.63, 3.8) is 0 Å². The van der Waals surface area contributed by atoms with Crippen LogP contribution in [0.5, 0.6) is 0 Å². The van der Waals surface area contributed by atoms with Crippen LogP contribution in [0.2, 0.25) is 0 Å². The summed E-state index contributed by atoms with van der Waals surface area (Å²) in [5.74, 6) is -0.682. The number of carbonyl (C=O) groups is 1. The number of nitro benzene ring substituents is 1. The Morgan fingerprint density at radius 3 is 2.83 bits per heavy atom. The van der Waals surface area contributed by atoms with Gasteiger partial charge in [-0.05, 0) is 25.5 Å². The largest absolute Gasteiger partial charge is 0.379 e. The number of hydrogen-bond acceptors (Lipinski definition) is 4. The van der Waals surface area contributed by atoms with E-state index >= 15 is 0 Å². The Balaban J connectivity index is 2.90. The molecule has 1 aromatic rings. The number of benzene rings is 1. The van der Waals surface area contributed by atoms with Gasteiger partial charge in [-0.15, -0.1) is 0 Å². The molecular weight excluding hydrogens is 234 g/mol. The lowest BCUT2D eigenvalue weighted by Crippen LogP contribution is -2.12. The van der Waals surface area contributed by atoms with Gasteiger partial charge in [-0.3, -0.25) is 14.9 Å². The van der Waals surface area contributed by atoms with E-state index in [0.717, 1.165) is 6.42 Å². The van der Waals surface area contributed by atoms with Crippen LogP contribution < -0.4 is 11.1 Å². The summed E-state index contributed by atoms with van der Waals surface area (Å²) in [6, 6.07) is 4.14. The van der Waals surface area contributed by atoms with E-state index in [0.29, 0.717) is 12.2 Å². The lowest BCUT2D eigenvalue weighted by molar-refractivity contribution is -0.384. The fourth-order valence-corrected chi connectivity index (χ4v) is 1.44. The number of nitrogens with two attached hydrogens (primary N) is 1. The molecule has 0 heterocycles. The highest BCUT2D eigenvalue weighted by molar-refractivity contribution is 5.94. The number of hydrogen-bond donors (Lipinski definition) is 2. The molecule has 0 aliphatic heterocycles. The molecule has 0 saturated carbocycles. The van der Waals surface area contributed by atoms with Crippen LogP contribution >= 0.6 is 0 Å². The Hall–Kier alpha value is -2.37. The van der Waals surface area contributed by atoms with Crippen LogP contribution in [0.1, 0.15) is 23.7 Å². The lowest BCUT2D eigenvalue weighted by atomic mass is 10.1. The Labute approximate surface area is 105 Å². The molecule has 0 fully saturated rings. The van der Waals surface area contributed by atoms with Crippen molar-refractivity contribution in [1.82, 2.24) is 0 Å². The lowest BCUT2D eigenvalue weighted by Gasteiger charge is -2.06. The highest BCUT2D eigenvalue weighted by Gasteiger charge is 2.15. The molecule has 0 aliphatic rings. The van der Waals surface area contributed by atoms with Crippen LogP contribution in [0.25, 0.3) is 0 Å². The number of rotatable bonds is 6. The number of amides is 1. The molecule has 0 bridgehead atoms. The number of anilines is 1. The zero-order chi connectivity index (χ0) is 13.5. The number of carbonyl (C=O) groups excluding carboxylic acids is 1. The number of nitrogens with zero attached hydrogens (tertiary/aromatic N) is 1. The number of nitro groups is 1. The summed E-state index contributed by atoms with van der Waals surface area (Å²) in [6.07, 6.45) is 4.63. The second-order valence-corrected chi connectivity index (χ2v) is 3.64. The molecule has 0 aromatic heterocycles. The Morgan fingerprint density at radius 2 is 2.28 bits per heavy atom. The van der Waals surface area contributed by atoms with Gasteiger partial charge in [-0.1, -0.05) is 12.2 Å². The van der Waals surface area contributed by atoms with Crippen molar-refractivity contribution in [3.05, 3.63) is 46.0 Å². The second-order valence-electron chi connectivity index (χ2n) is 3.64.